The summed E-state index contributed by atoms with van der Waals surface area (Å²) in [6.45, 7) is 6.59. The Hall–Kier alpha value is -3.31. The van der Waals surface area contributed by atoms with Crippen LogP contribution in [0.25, 0.3) is 22.3 Å². The second kappa shape index (κ2) is 9.59. The quantitative estimate of drug-likeness (QED) is 0.268. The third kappa shape index (κ3) is 3.97. The van der Waals surface area contributed by atoms with Crippen LogP contribution in [0.3, 0.4) is 0 Å². The molecule has 0 spiro atoms. The molecule has 0 fully saturated rings. The maximum absolute atomic E-state index is 15.0. The molecule has 3 atom stereocenters. The number of nitrogens with zero attached hydrogens (tertiary/aromatic N) is 2. The predicted molar refractivity (Wildman–Crippen MR) is 156 cm³/mol. The SMILES string of the molecule is CC[C@@]1(O)C(=O)CCc2c1cc1n(c2=O)Cc2c-1nc1cc(F)c(Cl)c3c1c2[C@@H](NC(=O)[C@](C)(C(C)(C)C)C(F)(F)F)CC3. The van der Waals surface area contributed by atoms with E-state index in [1.165, 1.54) is 25.3 Å². The zero-order valence-electron chi connectivity index (χ0n) is 24.9. The van der Waals surface area contributed by atoms with Crippen LogP contribution < -0.4 is 10.9 Å². The third-order valence-corrected chi connectivity index (χ3v) is 10.7. The Bertz CT molecular complexity index is 1850. The number of alkyl halides is 3. The first-order valence-electron chi connectivity index (χ1n) is 14.6. The van der Waals surface area contributed by atoms with Gasteiger partial charge in [-0.05, 0) is 55.2 Å². The Kier molecular flexibility index (Phi) is 6.70. The number of hydrogen-bond acceptors (Lipinski definition) is 5. The fourth-order valence-corrected chi connectivity index (χ4v) is 7.32. The molecule has 2 aromatic heterocycles. The number of carbonyl (C=O) groups excluding carboxylic acids is 2. The Morgan fingerprint density at radius 2 is 1.80 bits per heavy atom. The molecule has 0 saturated heterocycles. The van der Waals surface area contributed by atoms with Crippen LogP contribution in [0.4, 0.5) is 17.6 Å². The highest BCUT2D eigenvalue weighted by Crippen LogP contribution is 2.52. The summed E-state index contributed by atoms with van der Waals surface area (Å²) in [6, 6.07) is 1.78. The molecule has 7 nitrogen and oxygen atoms in total. The minimum absolute atomic E-state index is 0.00719. The summed E-state index contributed by atoms with van der Waals surface area (Å²) in [5.41, 5.74) is -3.89. The van der Waals surface area contributed by atoms with Gasteiger partial charge in [0.15, 0.2) is 5.78 Å². The van der Waals surface area contributed by atoms with E-state index in [0.29, 0.717) is 33.3 Å². The van der Waals surface area contributed by atoms with Crippen LogP contribution >= 0.6 is 11.6 Å². The third-order valence-electron chi connectivity index (χ3n) is 10.2. The minimum atomic E-state index is -4.86. The molecule has 12 heteroatoms. The van der Waals surface area contributed by atoms with Crippen LogP contribution in [-0.4, -0.2) is 32.5 Å². The van der Waals surface area contributed by atoms with Gasteiger partial charge in [-0.1, -0.05) is 39.3 Å². The molecule has 3 heterocycles. The molecule has 3 aliphatic rings. The van der Waals surface area contributed by atoms with Crippen molar-refractivity contribution in [2.45, 2.75) is 91.1 Å². The van der Waals surface area contributed by atoms with Gasteiger partial charge in [0.2, 0.25) is 5.91 Å². The van der Waals surface area contributed by atoms with Crippen LogP contribution in [-0.2, 0) is 34.6 Å². The first-order valence-corrected chi connectivity index (χ1v) is 15.0. The van der Waals surface area contributed by atoms with Crippen molar-refractivity contribution in [1.29, 1.82) is 0 Å². The number of aromatic nitrogens is 2. The summed E-state index contributed by atoms with van der Waals surface area (Å²) in [6.07, 6.45) is -4.33. The molecule has 234 valence electrons. The number of ketones is 1. The van der Waals surface area contributed by atoms with E-state index in [4.69, 9.17) is 16.6 Å². The average molecular weight is 634 g/mol. The minimum Gasteiger partial charge on any atom is -0.377 e. The molecular weight excluding hydrogens is 602 g/mol. The van der Waals surface area contributed by atoms with Crippen LogP contribution in [0.2, 0.25) is 5.02 Å². The lowest BCUT2D eigenvalue weighted by Crippen LogP contribution is -2.56. The Balaban J connectivity index is 1.59. The van der Waals surface area contributed by atoms with Crippen molar-refractivity contribution in [3.63, 3.8) is 0 Å². The standard InChI is InChI=1S/C32H32ClF4N3O4/c1-6-31(44)17-11-21-26-16(13-40(21)27(42)14(17)8-10-22(31)41)24-19(39-28(43)30(5,29(2,3)4)32(35,36)37)9-7-15-23(24)20(38-26)12-18(34)25(15)33/h11-12,19,44H,6-10,13H2,1-5H3,(H,39,43)/t19-,30+,31-/m0/s1. The molecular formula is C32H32ClF4N3O4. The summed E-state index contributed by atoms with van der Waals surface area (Å²) >= 11 is 6.38. The zero-order chi connectivity index (χ0) is 32.3. The molecule has 0 radical (unpaired) electrons. The van der Waals surface area contributed by atoms with Crippen LogP contribution in [0, 0.1) is 16.6 Å². The van der Waals surface area contributed by atoms with E-state index in [-0.39, 0.29) is 60.4 Å². The van der Waals surface area contributed by atoms with Crippen molar-refractivity contribution < 1.29 is 32.3 Å². The lowest BCUT2D eigenvalue weighted by Gasteiger charge is -2.42. The molecule has 6 rings (SSSR count). The number of amides is 1. The number of rotatable bonds is 3. The van der Waals surface area contributed by atoms with E-state index >= 15 is 4.39 Å². The van der Waals surface area contributed by atoms with E-state index in [9.17, 15) is 32.7 Å². The van der Waals surface area contributed by atoms with Crippen molar-refractivity contribution in [2.75, 3.05) is 0 Å². The molecule has 0 bridgehead atoms. The number of carbonyl (C=O) groups is 2. The predicted octanol–water partition coefficient (Wildman–Crippen LogP) is 6.05. The highest BCUT2D eigenvalue weighted by Gasteiger charge is 2.63. The molecule has 2 N–H and O–H groups in total. The number of fused-ring (bicyclic) bond motifs is 5. The van der Waals surface area contributed by atoms with Crippen molar-refractivity contribution in [3.8, 4) is 11.4 Å². The van der Waals surface area contributed by atoms with E-state index in [2.05, 4.69) is 5.32 Å². The summed E-state index contributed by atoms with van der Waals surface area (Å²) in [7, 11) is 0. The molecule has 3 aromatic rings. The highest BCUT2D eigenvalue weighted by atomic mass is 35.5. The lowest BCUT2D eigenvalue weighted by molar-refractivity contribution is -0.243. The van der Waals surface area contributed by atoms with Gasteiger partial charge in [-0.2, -0.15) is 13.2 Å². The number of Topliss-reactive ketones (excluding diaryl/α,β-unsaturated/α-hetero) is 1. The normalized spacial score (nSPS) is 22.3. The van der Waals surface area contributed by atoms with Crippen LogP contribution in [0.15, 0.2) is 16.9 Å². The molecule has 2 aliphatic carbocycles. The van der Waals surface area contributed by atoms with Crippen molar-refractivity contribution in [3.05, 3.63) is 61.1 Å². The number of hydrogen-bond donors (Lipinski definition) is 2. The molecule has 0 unspecified atom stereocenters. The number of aliphatic hydroxyl groups is 1. The lowest BCUT2D eigenvalue weighted by atomic mass is 9.66. The molecule has 44 heavy (non-hydrogen) atoms. The maximum Gasteiger partial charge on any atom is 0.403 e. The topological polar surface area (TPSA) is 101 Å². The second-order valence-electron chi connectivity index (χ2n) is 13.3. The summed E-state index contributed by atoms with van der Waals surface area (Å²) in [5, 5.41) is 14.3. The number of benzene rings is 1. The summed E-state index contributed by atoms with van der Waals surface area (Å²) in [5.74, 6) is -2.32. The van der Waals surface area contributed by atoms with Gasteiger partial charge >= 0.3 is 6.18 Å². The van der Waals surface area contributed by atoms with Crippen LogP contribution in [0.1, 0.15) is 87.7 Å². The fraction of sp³-hybridized carbons (Fsp3) is 0.500. The first kappa shape index (κ1) is 30.7. The molecule has 1 aromatic carbocycles. The van der Waals surface area contributed by atoms with Gasteiger partial charge in [0.1, 0.15) is 16.8 Å². The van der Waals surface area contributed by atoms with Gasteiger partial charge in [-0.15, -0.1) is 0 Å². The number of halogens is 5. The second-order valence-corrected chi connectivity index (χ2v) is 13.7. The summed E-state index contributed by atoms with van der Waals surface area (Å²) in [4.78, 5) is 44.9. The van der Waals surface area contributed by atoms with Crippen molar-refractivity contribution >= 4 is 34.2 Å². The smallest absolute Gasteiger partial charge is 0.377 e. The van der Waals surface area contributed by atoms with Gasteiger partial charge in [0.05, 0.1) is 34.5 Å². The first-order chi connectivity index (χ1) is 20.4. The van der Waals surface area contributed by atoms with Crippen molar-refractivity contribution in [2.24, 2.45) is 10.8 Å². The fourth-order valence-electron chi connectivity index (χ4n) is 7.08. The van der Waals surface area contributed by atoms with Gasteiger partial charge < -0.3 is 15.0 Å². The number of nitrogens with one attached hydrogen (secondary N) is 1. The molecule has 1 amide bonds. The summed E-state index contributed by atoms with van der Waals surface area (Å²) < 4.78 is 59.9. The van der Waals surface area contributed by atoms with Gasteiger partial charge in [-0.3, -0.25) is 14.4 Å². The molecule has 1 aliphatic heterocycles. The van der Waals surface area contributed by atoms with Gasteiger partial charge in [0.25, 0.3) is 5.56 Å². The maximum atomic E-state index is 15.0. The molecule has 0 saturated carbocycles. The largest absolute Gasteiger partial charge is 0.403 e. The van der Waals surface area contributed by atoms with E-state index in [1.807, 2.05) is 0 Å². The number of pyridine rings is 2. The van der Waals surface area contributed by atoms with Gasteiger partial charge in [0, 0.05) is 34.6 Å². The Morgan fingerprint density at radius 3 is 2.41 bits per heavy atom. The highest BCUT2D eigenvalue weighted by molar-refractivity contribution is 6.32. The van der Waals surface area contributed by atoms with E-state index in [0.717, 1.165) is 13.0 Å². The Morgan fingerprint density at radius 1 is 1.11 bits per heavy atom. The number of aryl methyl sites for hydroxylation is 1. The zero-order valence-corrected chi connectivity index (χ0v) is 25.7. The Labute approximate surface area is 255 Å². The average Bonchev–Trinajstić information content (AvgIpc) is 3.31. The van der Waals surface area contributed by atoms with Gasteiger partial charge in [-0.25, -0.2) is 9.37 Å². The van der Waals surface area contributed by atoms with Crippen molar-refractivity contribution in [1.82, 2.24) is 14.9 Å². The van der Waals surface area contributed by atoms with E-state index in [1.54, 1.807) is 13.0 Å². The van der Waals surface area contributed by atoms with E-state index < -0.39 is 51.7 Å². The van der Waals surface area contributed by atoms with Crippen LogP contribution in [0.5, 0.6) is 0 Å². The monoisotopic (exact) mass is 633 g/mol.